The fourth-order valence-electron chi connectivity index (χ4n) is 1.48. The Kier molecular flexibility index (Phi) is 5.28. The maximum absolute atomic E-state index is 12.6. The van der Waals surface area contributed by atoms with Crippen LogP contribution in [0.1, 0.15) is 32.8 Å². The van der Waals surface area contributed by atoms with E-state index < -0.39 is 15.6 Å². The first-order valence-electron chi connectivity index (χ1n) is 6.29. The van der Waals surface area contributed by atoms with Crippen LogP contribution in [-0.2, 0) is 10.0 Å². The molecule has 0 aliphatic carbocycles. The quantitative estimate of drug-likeness (QED) is 0.849. The number of rotatable bonds is 4. The fraction of sp³-hybridized carbons (Fsp3) is 0.500. The van der Waals surface area contributed by atoms with Gasteiger partial charge in [0.05, 0.1) is 0 Å². The molecule has 0 radical (unpaired) electrons. The lowest BCUT2D eigenvalue weighted by Gasteiger charge is -2.33. The smallest absolute Gasteiger partial charge is 0.244 e. The van der Waals surface area contributed by atoms with Crippen LogP contribution in [0.3, 0.4) is 0 Å². The standard InChI is InChI=1S/C14H20N2O3S/c1-5-14(2,3)16(4)20(18,19)13-9-12(7-6-8-17)10-15-11-13/h9-11,17H,5,8H2,1-4H3. The topological polar surface area (TPSA) is 70.5 Å². The van der Waals surface area contributed by atoms with Gasteiger partial charge in [0.2, 0.25) is 10.0 Å². The minimum Gasteiger partial charge on any atom is -0.384 e. The average molecular weight is 296 g/mol. The number of aliphatic hydroxyl groups excluding tert-OH is 1. The summed E-state index contributed by atoms with van der Waals surface area (Å²) in [5, 5.41) is 8.66. The predicted molar refractivity (Wildman–Crippen MR) is 77.5 cm³/mol. The van der Waals surface area contributed by atoms with Crippen molar-refractivity contribution < 1.29 is 13.5 Å². The molecule has 0 aromatic carbocycles. The third-order valence-corrected chi connectivity index (χ3v) is 5.44. The molecule has 0 aliphatic rings. The third-order valence-electron chi connectivity index (χ3n) is 3.40. The molecule has 0 fully saturated rings. The second-order valence-corrected chi connectivity index (χ2v) is 6.98. The number of aliphatic hydroxyl groups is 1. The van der Waals surface area contributed by atoms with Gasteiger partial charge < -0.3 is 5.11 Å². The van der Waals surface area contributed by atoms with Crippen molar-refractivity contribution >= 4 is 10.0 Å². The number of nitrogens with zero attached hydrogens (tertiary/aromatic N) is 2. The minimum atomic E-state index is -3.62. The van der Waals surface area contributed by atoms with E-state index in [1.165, 1.54) is 22.8 Å². The Hall–Kier alpha value is -1.42. The van der Waals surface area contributed by atoms with Crippen LogP contribution in [0.5, 0.6) is 0 Å². The normalized spacial score (nSPS) is 12.1. The summed E-state index contributed by atoms with van der Waals surface area (Å²) in [5.41, 5.74) is -0.0196. The molecule has 0 amide bonds. The molecule has 0 saturated heterocycles. The van der Waals surface area contributed by atoms with Crippen LogP contribution in [0.2, 0.25) is 0 Å². The molecule has 5 nitrogen and oxygen atoms in total. The lowest BCUT2D eigenvalue weighted by atomic mass is 10.0. The van der Waals surface area contributed by atoms with Crippen LogP contribution >= 0.6 is 0 Å². The lowest BCUT2D eigenvalue weighted by Crippen LogP contribution is -2.44. The highest BCUT2D eigenvalue weighted by Crippen LogP contribution is 2.25. The van der Waals surface area contributed by atoms with Gasteiger partial charge in [0.15, 0.2) is 0 Å². The van der Waals surface area contributed by atoms with Crippen LogP contribution < -0.4 is 0 Å². The first-order valence-corrected chi connectivity index (χ1v) is 7.73. The number of sulfonamides is 1. The number of pyridine rings is 1. The zero-order chi connectivity index (χ0) is 15.4. The van der Waals surface area contributed by atoms with E-state index in [1.807, 2.05) is 20.8 Å². The van der Waals surface area contributed by atoms with E-state index in [-0.39, 0.29) is 11.5 Å². The summed E-state index contributed by atoms with van der Waals surface area (Å²) in [6.45, 7) is 5.40. The molecule has 1 aromatic rings. The molecule has 0 bridgehead atoms. The molecule has 1 heterocycles. The summed E-state index contributed by atoms with van der Waals surface area (Å²) >= 11 is 0. The van der Waals surface area contributed by atoms with Gasteiger partial charge in [0.1, 0.15) is 11.5 Å². The number of hydrogen-bond donors (Lipinski definition) is 1. The number of hydrogen-bond acceptors (Lipinski definition) is 4. The van der Waals surface area contributed by atoms with Gasteiger partial charge in [-0.05, 0) is 26.3 Å². The van der Waals surface area contributed by atoms with Crippen molar-refractivity contribution in [2.45, 2.75) is 37.6 Å². The van der Waals surface area contributed by atoms with Crippen molar-refractivity contribution in [2.75, 3.05) is 13.7 Å². The first-order chi connectivity index (χ1) is 9.25. The van der Waals surface area contributed by atoms with Crippen LogP contribution in [0.15, 0.2) is 23.4 Å². The Bertz CT molecular complexity index is 627. The highest BCUT2D eigenvalue weighted by molar-refractivity contribution is 7.89. The van der Waals surface area contributed by atoms with Gasteiger partial charge in [-0.2, -0.15) is 4.31 Å². The van der Waals surface area contributed by atoms with Gasteiger partial charge in [-0.25, -0.2) is 8.42 Å². The molecular weight excluding hydrogens is 276 g/mol. The fourth-order valence-corrected chi connectivity index (χ4v) is 3.04. The molecule has 6 heteroatoms. The van der Waals surface area contributed by atoms with Gasteiger partial charge in [-0.3, -0.25) is 4.98 Å². The Balaban J connectivity index is 3.23. The van der Waals surface area contributed by atoms with Crippen molar-refractivity contribution in [2.24, 2.45) is 0 Å². The van der Waals surface area contributed by atoms with Gasteiger partial charge in [-0.1, -0.05) is 18.8 Å². The zero-order valence-electron chi connectivity index (χ0n) is 12.2. The van der Waals surface area contributed by atoms with Crippen LogP contribution in [0, 0.1) is 11.8 Å². The van der Waals surface area contributed by atoms with Crippen molar-refractivity contribution in [3.05, 3.63) is 24.0 Å². The zero-order valence-corrected chi connectivity index (χ0v) is 13.0. The van der Waals surface area contributed by atoms with Crippen molar-refractivity contribution in [1.29, 1.82) is 0 Å². The van der Waals surface area contributed by atoms with Crippen molar-refractivity contribution in [1.82, 2.24) is 9.29 Å². The van der Waals surface area contributed by atoms with Crippen LogP contribution in [0.4, 0.5) is 0 Å². The monoisotopic (exact) mass is 296 g/mol. The summed E-state index contributed by atoms with van der Waals surface area (Å²) in [4.78, 5) is 4.01. The highest BCUT2D eigenvalue weighted by atomic mass is 32.2. The molecule has 0 unspecified atom stereocenters. The Labute approximate surface area is 120 Å². The van der Waals surface area contributed by atoms with E-state index in [0.717, 1.165) is 0 Å². The number of aromatic nitrogens is 1. The van der Waals surface area contributed by atoms with E-state index >= 15 is 0 Å². The maximum atomic E-state index is 12.6. The summed E-state index contributed by atoms with van der Waals surface area (Å²) in [6.07, 6.45) is 3.47. The van der Waals surface area contributed by atoms with E-state index in [4.69, 9.17) is 5.11 Å². The largest absolute Gasteiger partial charge is 0.384 e. The van der Waals surface area contributed by atoms with Crippen molar-refractivity contribution in [3.63, 3.8) is 0 Å². The van der Waals surface area contributed by atoms with Gasteiger partial charge >= 0.3 is 0 Å². The van der Waals surface area contributed by atoms with E-state index in [1.54, 1.807) is 7.05 Å². The molecule has 0 spiro atoms. The Morgan fingerprint density at radius 1 is 1.40 bits per heavy atom. The lowest BCUT2D eigenvalue weighted by molar-refractivity contribution is 0.257. The highest BCUT2D eigenvalue weighted by Gasteiger charge is 2.32. The second kappa shape index (κ2) is 6.35. The molecule has 0 saturated carbocycles. The molecule has 0 aliphatic heterocycles. The molecule has 20 heavy (non-hydrogen) atoms. The third kappa shape index (κ3) is 3.57. The molecule has 1 N–H and O–H groups in total. The molecule has 0 atom stereocenters. The summed E-state index contributed by atoms with van der Waals surface area (Å²) in [6, 6.07) is 1.47. The predicted octanol–water partition coefficient (Wildman–Crippen LogP) is 1.23. The van der Waals surface area contributed by atoms with Gasteiger partial charge in [-0.15, -0.1) is 0 Å². The van der Waals surface area contributed by atoms with E-state index in [0.29, 0.717) is 12.0 Å². The molecular formula is C14H20N2O3S. The summed E-state index contributed by atoms with van der Waals surface area (Å²) in [5.74, 6) is 5.12. The minimum absolute atomic E-state index is 0.103. The van der Waals surface area contributed by atoms with E-state index in [2.05, 4.69) is 16.8 Å². The molecule has 1 aromatic heterocycles. The van der Waals surface area contributed by atoms with Crippen LogP contribution in [0.25, 0.3) is 0 Å². The first kappa shape index (κ1) is 16.6. The Morgan fingerprint density at radius 2 is 2.05 bits per heavy atom. The van der Waals surface area contributed by atoms with Gasteiger partial charge in [0, 0.05) is 30.5 Å². The molecule has 1 rings (SSSR count). The van der Waals surface area contributed by atoms with Gasteiger partial charge in [0.25, 0.3) is 0 Å². The second-order valence-electron chi connectivity index (χ2n) is 5.01. The SMILES string of the molecule is CCC(C)(C)N(C)S(=O)(=O)c1cncc(C#CCO)c1. The summed E-state index contributed by atoms with van der Waals surface area (Å²) in [7, 11) is -2.06. The van der Waals surface area contributed by atoms with E-state index in [9.17, 15) is 8.42 Å². The molecule has 110 valence electrons. The Morgan fingerprint density at radius 3 is 2.60 bits per heavy atom. The summed E-state index contributed by atoms with van der Waals surface area (Å²) < 4.78 is 26.5. The average Bonchev–Trinajstić information content (AvgIpc) is 2.44. The maximum Gasteiger partial charge on any atom is 0.244 e. The van der Waals surface area contributed by atoms with Crippen molar-refractivity contribution in [3.8, 4) is 11.8 Å². The van der Waals surface area contributed by atoms with Crippen LogP contribution in [-0.4, -0.2) is 42.0 Å².